The van der Waals surface area contributed by atoms with E-state index in [1.807, 2.05) is 4.90 Å². The average molecular weight is 506 g/mol. The van der Waals surface area contributed by atoms with E-state index in [1.165, 1.54) is 6.07 Å². The van der Waals surface area contributed by atoms with Gasteiger partial charge in [-0.25, -0.2) is 9.37 Å². The van der Waals surface area contributed by atoms with Gasteiger partial charge in [0.2, 0.25) is 0 Å². The molecule has 9 heteroatoms. The predicted octanol–water partition coefficient (Wildman–Crippen LogP) is 1.69. The van der Waals surface area contributed by atoms with Gasteiger partial charge in [0.05, 0.1) is 13.2 Å². The van der Waals surface area contributed by atoms with Crippen LogP contribution in [0.2, 0.25) is 0 Å². The molecule has 3 heterocycles. The highest BCUT2D eigenvalue weighted by Gasteiger charge is 2.29. The van der Waals surface area contributed by atoms with Gasteiger partial charge < -0.3 is 20.3 Å². The van der Waals surface area contributed by atoms with E-state index in [4.69, 9.17) is 4.74 Å². The Morgan fingerprint density at radius 2 is 2.11 bits per heavy atom. The third-order valence-electron chi connectivity index (χ3n) is 5.35. The third kappa shape index (κ3) is 5.90. The van der Waals surface area contributed by atoms with E-state index in [2.05, 4.69) is 39.4 Å². The molecule has 0 saturated carbocycles. The van der Waals surface area contributed by atoms with E-state index in [1.54, 1.807) is 19.3 Å². The smallest absolute Gasteiger partial charge is 0.191 e. The number of nitrogens with zero attached hydrogens (tertiary/aromatic N) is 4. The van der Waals surface area contributed by atoms with Crippen molar-refractivity contribution in [3.63, 3.8) is 0 Å². The molecule has 2 saturated heterocycles. The van der Waals surface area contributed by atoms with Crippen LogP contribution in [-0.4, -0.2) is 80.4 Å². The van der Waals surface area contributed by atoms with Crippen LogP contribution in [0.4, 0.5) is 10.2 Å². The number of guanidine groups is 1. The monoisotopic (exact) mass is 506 g/mol. The van der Waals surface area contributed by atoms with Crippen molar-refractivity contribution in [2.75, 3.05) is 57.9 Å². The number of rotatable bonds is 5. The Labute approximate surface area is 184 Å². The molecule has 3 rings (SSSR count). The first-order valence-electron chi connectivity index (χ1n) is 9.65. The minimum Gasteiger partial charge on any atom is -0.379 e. The highest BCUT2D eigenvalue weighted by atomic mass is 127. The summed E-state index contributed by atoms with van der Waals surface area (Å²) in [4.78, 5) is 13.0. The molecule has 28 heavy (non-hydrogen) atoms. The summed E-state index contributed by atoms with van der Waals surface area (Å²) in [5.74, 6) is 0.941. The van der Waals surface area contributed by atoms with E-state index in [0.717, 1.165) is 51.8 Å². The summed E-state index contributed by atoms with van der Waals surface area (Å²) in [6.45, 7) is 10.2. The first kappa shape index (κ1) is 23.1. The van der Waals surface area contributed by atoms with Crippen molar-refractivity contribution in [1.82, 2.24) is 20.5 Å². The van der Waals surface area contributed by atoms with E-state index in [9.17, 15) is 4.39 Å². The van der Waals surface area contributed by atoms with Gasteiger partial charge in [-0.05, 0) is 32.4 Å². The normalized spacial score (nSPS) is 21.4. The molecular formula is C19H32FIN6O. The maximum atomic E-state index is 14.0. The zero-order chi connectivity index (χ0) is 19.3. The summed E-state index contributed by atoms with van der Waals surface area (Å²) in [5, 5.41) is 6.91. The van der Waals surface area contributed by atoms with Crippen LogP contribution in [0.25, 0.3) is 0 Å². The number of aromatic nitrogens is 1. The number of morpholine rings is 1. The molecular weight excluding hydrogens is 474 g/mol. The average Bonchev–Trinajstić information content (AvgIpc) is 3.14. The zero-order valence-corrected chi connectivity index (χ0v) is 19.3. The Hall–Kier alpha value is -1.20. The summed E-state index contributed by atoms with van der Waals surface area (Å²) < 4.78 is 19.4. The van der Waals surface area contributed by atoms with Crippen molar-refractivity contribution in [3.8, 4) is 0 Å². The molecule has 2 aliphatic heterocycles. The first-order valence-corrected chi connectivity index (χ1v) is 9.65. The van der Waals surface area contributed by atoms with Crippen molar-refractivity contribution in [2.24, 2.45) is 4.99 Å². The third-order valence-corrected chi connectivity index (χ3v) is 5.35. The fraction of sp³-hybridized carbons (Fsp3) is 0.684. The fourth-order valence-electron chi connectivity index (χ4n) is 3.65. The van der Waals surface area contributed by atoms with Crippen LogP contribution >= 0.6 is 24.0 Å². The Balaban J connectivity index is 0.00000280. The first-order chi connectivity index (χ1) is 13.0. The quantitative estimate of drug-likeness (QED) is 0.360. The number of halogens is 2. The van der Waals surface area contributed by atoms with Crippen molar-refractivity contribution < 1.29 is 9.13 Å². The largest absolute Gasteiger partial charge is 0.379 e. The second-order valence-electron chi connectivity index (χ2n) is 7.72. The minimum atomic E-state index is -0.270. The van der Waals surface area contributed by atoms with Gasteiger partial charge in [-0.15, -0.1) is 24.0 Å². The number of ether oxygens (including phenoxy) is 1. The Morgan fingerprint density at radius 3 is 2.79 bits per heavy atom. The highest BCUT2D eigenvalue weighted by Crippen LogP contribution is 2.21. The lowest BCUT2D eigenvalue weighted by atomic mass is 10.0. The number of aliphatic imine (C=N–C) groups is 1. The lowest BCUT2D eigenvalue weighted by Gasteiger charge is -2.41. The number of anilines is 1. The van der Waals surface area contributed by atoms with E-state index < -0.39 is 0 Å². The molecule has 0 aliphatic carbocycles. The zero-order valence-electron chi connectivity index (χ0n) is 16.9. The number of hydrogen-bond acceptors (Lipinski definition) is 5. The maximum absolute atomic E-state index is 14.0. The molecule has 2 aliphatic rings. The topological polar surface area (TPSA) is 65.0 Å². The Bertz CT molecular complexity index is 653. The second kappa shape index (κ2) is 10.5. The molecule has 1 atom stereocenters. The lowest BCUT2D eigenvalue weighted by Crippen LogP contribution is -2.57. The van der Waals surface area contributed by atoms with Gasteiger partial charge in [0.25, 0.3) is 0 Å². The standard InChI is InChI=1S/C19H31FN6O.HI/c1-19(2,26-9-11-27-12-10-26)14-23-18(21-3)24-15-6-8-25(13-15)17-16(20)5-4-7-22-17;/h4-5,7,15H,6,8-14H2,1-3H3,(H2,21,23,24);1H. The van der Waals surface area contributed by atoms with Gasteiger partial charge in [0.1, 0.15) is 0 Å². The molecule has 158 valence electrons. The van der Waals surface area contributed by atoms with E-state index in [-0.39, 0.29) is 41.4 Å². The van der Waals surface area contributed by atoms with Crippen LogP contribution in [0, 0.1) is 5.82 Å². The Kier molecular flexibility index (Phi) is 8.69. The van der Waals surface area contributed by atoms with Crippen LogP contribution < -0.4 is 15.5 Å². The maximum Gasteiger partial charge on any atom is 0.191 e. The predicted molar refractivity (Wildman–Crippen MR) is 121 cm³/mol. The van der Waals surface area contributed by atoms with Crippen molar-refractivity contribution in [1.29, 1.82) is 0 Å². The molecule has 0 amide bonds. The molecule has 1 unspecified atom stereocenters. The molecule has 0 aromatic carbocycles. The summed E-state index contributed by atoms with van der Waals surface area (Å²) in [5.41, 5.74) is 0.0141. The number of nitrogens with one attached hydrogen (secondary N) is 2. The second-order valence-corrected chi connectivity index (χ2v) is 7.72. The van der Waals surface area contributed by atoms with Crippen LogP contribution in [0.1, 0.15) is 20.3 Å². The molecule has 0 spiro atoms. The minimum absolute atomic E-state index is 0. The van der Waals surface area contributed by atoms with Crippen LogP contribution in [-0.2, 0) is 4.74 Å². The van der Waals surface area contributed by atoms with Gasteiger partial charge in [-0.2, -0.15) is 0 Å². The van der Waals surface area contributed by atoms with Crippen molar-refractivity contribution >= 4 is 35.8 Å². The fourth-order valence-corrected chi connectivity index (χ4v) is 3.65. The summed E-state index contributed by atoms with van der Waals surface area (Å²) in [6, 6.07) is 3.29. The Morgan fingerprint density at radius 1 is 1.36 bits per heavy atom. The SMILES string of the molecule is CN=C(NCC(C)(C)N1CCOCC1)NC1CCN(c2ncccc2F)C1.I. The van der Waals surface area contributed by atoms with Crippen molar-refractivity contribution in [3.05, 3.63) is 24.1 Å². The van der Waals surface area contributed by atoms with Crippen LogP contribution in [0.15, 0.2) is 23.3 Å². The molecule has 7 nitrogen and oxygen atoms in total. The molecule has 2 fully saturated rings. The van der Waals surface area contributed by atoms with Gasteiger partial charge in [0.15, 0.2) is 17.6 Å². The lowest BCUT2D eigenvalue weighted by molar-refractivity contribution is -0.00834. The molecule has 0 bridgehead atoms. The molecule has 0 radical (unpaired) electrons. The van der Waals surface area contributed by atoms with Crippen molar-refractivity contribution in [2.45, 2.75) is 31.8 Å². The molecule has 1 aromatic rings. The molecule has 1 aromatic heterocycles. The summed E-state index contributed by atoms with van der Waals surface area (Å²) in [7, 11) is 1.78. The summed E-state index contributed by atoms with van der Waals surface area (Å²) in [6.07, 6.45) is 2.55. The van der Waals surface area contributed by atoms with Gasteiger partial charge in [-0.1, -0.05) is 0 Å². The summed E-state index contributed by atoms with van der Waals surface area (Å²) >= 11 is 0. The number of hydrogen-bond donors (Lipinski definition) is 2. The van der Waals surface area contributed by atoms with Crippen LogP contribution in [0.3, 0.4) is 0 Å². The number of pyridine rings is 1. The van der Waals surface area contributed by atoms with Crippen LogP contribution in [0.5, 0.6) is 0 Å². The van der Waals surface area contributed by atoms with Gasteiger partial charge in [-0.3, -0.25) is 9.89 Å². The van der Waals surface area contributed by atoms with Gasteiger partial charge in [0, 0.05) is 57.5 Å². The van der Waals surface area contributed by atoms with Gasteiger partial charge >= 0.3 is 0 Å². The highest BCUT2D eigenvalue weighted by molar-refractivity contribution is 14.0. The molecule has 2 N–H and O–H groups in total. The van der Waals surface area contributed by atoms with E-state index >= 15 is 0 Å². The van der Waals surface area contributed by atoms with E-state index in [0.29, 0.717) is 12.4 Å².